The lowest BCUT2D eigenvalue weighted by molar-refractivity contribution is 0.124. The molecule has 2 rings (SSSR count). The summed E-state index contributed by atoms with van der Waals surface area (Å²) in [5, 5.41) is 7.00. The molecule has 0 amide bonds. The molecule has 1 saturated heterocycles. The van der Waals surface area contributed by atoms with Crippen molar-refractivity contribution >= 4 is 29.9 Å². The van der Waals surface area contributed by atoms with Gasteiger partial charge in [-0.25, -0.2) is 0 Å². The van der Waals surface area contributed by atoms with Crippen molar-refractivity contribution < 1.29 is 9.47 Å². The van der Waals surface area contributed by atoms with Gasteiger partial charge in [0.2, 0.25) is 0 Å². The smallest absolute Gasteiger partial charge is 0.191 e. The Bertz CT molecular complexity index is 680. The molecule has 1 aliphatic heterocycles. The number of rotatable bonds is 11. The minimum absolute atomic E-state index is 0. The highest BCUT2D eigenvalue weighted by molar-refractivity contribution is 14.0. The van der Waals surface area contributed by atoms with Crippen molar-refractivity contribution in [1.29, 1.82) is 0 Å². The Morgan fingerprint density at radius 2 is 1.62 bits per heavy atom. The Kier molecular flexibility index (Phi) is 14.0. The van der Waals surface area contributed by atoms with Crippen LogP contribution >= 0.6 is 24.0 Å². The van der Waals surface area contributed by atoms with E-state index in [0.29, 0.717) is 19.1 Å². The number of hydrogen-bond donors (Lipinski definition) is 2. The first-order valence-corrected chi connectivity index (χ1v) is 11.8. The van der Waals surface area contributed by atoms with E-state index in [9.17, 15) is 0 Å². The van der Waals surface area contributed by atoms with Crippen LogP contribution in [-0.2, 0) is 0 Å². The Morgan fingerprint density at radius 3 is 2.22 bits per heavy atom. The molecular formula is C24H44IN5O2. The summed E-state index contributed by atoms with van der Waals surface area (Å²) in [7, 11) is 1.82. The van der Waals surface area contributed by atoms with Crippen LogP contribution in [-0.4, -0.2) is 81.8 Å². The van der Waals surface area contributed by atoms with Crippen molar-refractivity contribution in [2.24, 2.45) is 10.9 Å². The summed E-state index contributed by atoms with van der Waals surface area (Å²) in [6.07, 6.45) is 0. The zero-order chi connectivity index (χ0) is 22.6. The van der Waals surface area contributed by atoms with Gasteiger partial charge in [0.1, 0.15) is 0 Å². The SMILES string of the molecule is CCOc1ccc(C(C)NC(=NC)NCC(C)CN2CCN(CC)CC2)cc1OCC.I. The molecule has 1 fully saturated rings. The third kappa shape index (κ3) is 9.31. The van der Waals surface area contributed by atoms with E-state index in [4.69, 9.17) is 9.47 Å². The Balaban J connectivity index is 0.00000512. The number of ether oxygens (including phenoxy) is 2. The lowest BCUT2D eigenvalue weighted by atomic mass is 10.1. The molecule has 184 valence electrons. The Hall–Kier alpha value is -1.26. The van der Waals surface area contributed by atoms with Crippen LogP contribution in [0.2, 0.25) is 0 Å². The Morgan fingerprint density at radius 1 is 1.00 bits per heavy atom. The lowest BCUT2D eigenvalue weighted by Gasteiger charge is -2.35. The number of likely N-dealkylation sites (N-methyl/N-ethyl adjacent to an activating group) is 1. The summed E-state index contributed by atoms with van der Waals surface area (Å²) < 4.78 is 11.4. The molecule has 0 aliphatic carbocycles. The van der Waals surface area contributed by atoms with Gasteiger partial charge in [-0.05, 0) is 50.9 Å². The highest BCUT2D eigenvalue weighted by atomic mass is 127. The molecule has 7 nitrogen and oxygen atoms in total. The van der Waals surface area contributed by atoms with E-state index in [2.05, 4.69) is 58.3 Å². The molecule has 0 radical (unpaired) electrons. The van der Waals surface area contributed by atoms with Gasteiger partial charge in [0, 0.05) is 46.3 Å². The summed E-state index contributed by atoms with van der Waals surface area (Å²) in [5.74, 6) is 2.95. The first kappa shape index (κ1) is 28.8. The van der Waals surface area contributed by atoms with Gasteiger partial charge >= 0.3 is 0 Å². The van der Waals surface area contributed by atoms with Crippen molar-refractivity contribution in [2.75, 3.05) is 66.1 Å². The van der Waals surface area contributed by atoms with Crippen LogP contribution in [0, 0.1) is 5.92 Å². The number of hydrogen-bond acceptors (Lipinski definition) is 5. The second-order valence-corrected chi connectivity index (χ2v) is 8.23. The number of halogens is 1. The standard InChI is InChI=1S/C24H43N5O2.HI/c1-7-28-12-14-29(15-13-28)18-19(4)17-26-24(25-6)27-20(5)21-10-11-22(30-8-2)23(16-21)31-9-3;/h10-11,16,19-20H,7-9,12-15,17-18H2,1-6H3,(H2,25,26,27);1H. The number of nitrogens with zero attached hydrogens (tertiary/aromatic N) is 3. The van der Waals surface area contributed by atoms with Gasteiger partial charge in [0.25, 0.3) is 0 Å². The summed E-state index contributed by atoms with van der Waals surface area (Å²) in [4.78, 5) is 9.51. The molecule has 1 heterocycles. The molecule has 0 spiro atoms. The minimum Gasteiger partial charge on any atom is -0.490 e. The molecular weight excluding hydrogens is 517 g/mol. The summed E-state index contributed by atoms with van der Waals surface area (Å²) >= 11 is 0. The molecule has 1 aromatic rings. The maximum Gasteiger partial charge on any atom is 0.191 e. The molecule has 8 heteroatoms. The maximum absolute atomic E-state index is 5.77. The van der Waals surface area contributed by atoms with Gasteiger partial charge in [-0.2, -0.15) is 0 Å². The van der Waals surface area contributed by atoms with Gasteiger partial charge in [-0.1, -0.05) is 19.9 Å². The molecule has 0 aromatic heterocycles. The quantitative estimate of drug-likeness (QED) is 0.245. The average Bonchev–Trinajstić information content (AvgIpc) is 2.78. The van der Waals surface area contributed by atoms with Gasteiger partial charge in [0.15, 0.2) is 17.5 Å². The molecule has 0 saturated carbocycles. The van der Waals surface area contributed by atoms with Crippen molar-refractivity contribution in [3.8, 4) is 11.5 Å². The molecule has 1 aromatic carbocycles. The zero-order valence-electron chi connectivity index (χ0n) is 20.8. The average molecular weight is 562 g/mol. The van der Waals surface area contributed by atoms with E-state index in [-0.39, 0.29) is 30.0 Å². The van der Waals surface area contributed by atoms with Crippen molar-refractivity contribution in [3.63, 3.8) is 0 Å². The van der Waals surface area contributed by atoms with E-state index < -0.39 is 0 Å². The summed E-state index contributed by atoms with van der Waals surface area (Å²) in [6.45, 7) is 19.8. The van der Waals surface area contributed by atoms with Crippen LogP contribution in [0.15, 0.2) is 23.2 Å². The fourth-order valence-corrected chi connectivity index (χ4v) is 3.88. The van der Waals surface area contributed by atoms with Gasteiger partial charge in [-0.15, -0.1) is 24.0 Å². The predicted octanol–water partition coefficient (Wildman–Crippen LogP) is 3.60. The molecule has 2 atom stereocenters. The largest absolute Gasteiger partial charge is 0.490 e. The van der Waals surface area contributed by atoms with Crippen LogP contribution in [0.5, 0.6) is 11.5 Å². The third-order valence-corrected chi connectivity index (χ3v) is 5.74. The van der Waals surface area contributed by atoms with Crippen LogP contribution in [0.4, 0.5) is 0 Å². The normalized spacial score (nSPS) is 17.2. The van der Waals surface area contributed by atoms with Gasteiger partial charge < -0.3 is 29.9 Å². The van der Waals surface area contributed by atoms with Gasteiger partial charge in [-0.3, -0.25) is 4.99 Å². The zero-order valence-corrected chi connectivity index (χ0v) is 23.1. The van der Waals surface area contributed by atoms with Crippen LogP contribution in [0.1, 0.15) is 46.2 Å². The van der Waals surface area contributed by atoms with Crippen molar-refractivity contribution in [3.05, 3.63) is 23.8 Å². The highest BCUT2D eigenvalue weighted by Gasteiger charge is 2.18. The first-order chi connectivity index (χ1) is 15.0. The number of benzene rings is 1. The highest BCUT2D eigenvalue weighted by Crippen LogP contribution is 2.30. The predicted molar refractivity (Wildman–Crippen MR) is 145 cm³/mol. The number of nitrogens with one attached hydrogen (secondary N) is 2. The molecule has 0 bridgehead atoms. The van der Waals surface area contributed by atoms with E-state index >= 15 is 0 Å². The maximum atomic E-state index is 5.77. The van der Waals surface area contributed by atoms with E-state index in [0.717, 1.165) is 42.7 Å². The molecule has 2 N–H and O–H groups in total. The lowest BCUT2D eigenvalue weighted by Crippen LogP contribution is -2.48. The molecule has 2 unspecified atom stereocenters. The van der Waals surface area contributed by atoms with Crippen molar-refractivity contribution in [2.45, 2.75) is 40.7 Å². The first-order valence-electron chi connectivity index (χ1n) is 11.8. The summed E-state index contributed by atoms with van der Waals surface area (Å²) in [6, 6.07) is 6.21. The van der Waals surface area contributed by atoms with E-state index in [1.165, 1.54) is 26.2 Å². The van der Waals surface area contributed by atoms with E-state index in [1.807, 2.05) is 27.0 Å². The monoisotopic (exact) mass is 561 g/mol. The van der Waals surface area contributed by atoms with Gasteiger partial charge in [0.05, 0.1) is 19.3 Å². The third-order valence-electron chi connectivity index (χ3n) is 5.74. The topological polar surface area (TPSA) is 61.4 Å². The summed E-state index contributed by atoms with van der Waals surface area (Å²) in [5.41, 5.74) is 1.14. The fraction of sp³-hybridized carbons (Fsp3) is 0.708. The van der Waals surface area contributed by atoms with E-state index in [1.54, 1.807) is 0 Å². The Labute approximate surface area is 212 Å². The fourth-order valence-electron chi connectivity index (χ4n) is 3.88. The molecule has 1 aliphatic rings. The van der Waals surface area contributed by atoms with Crippen LogP contribution < -0.4 is 20.1 Å². The second-order valence-electron chi connectivity index (χ2n) is 8.23. The molecule has 32 heavy (non-hydrogen) atoms. The van der Waals surface area contributed by atoms with Crippen LogP contribution in [0.3, 0.4) is 0 Å². The number of aliphatic imine (C=N–C) groups is 1. The second kappa shape index (κ2) is 15.6. The number of piperazine rings is 1. The minimum atomic E-state index is 0. The van der Waals surface area contributed by atoms with Crippen LogP contribution in [0.25, 0.3) is 0 Å². The van der Waals surface area contributed by atoms with Crippen molar-refractivity contribution in [1.82, 2.24) is 20.4 Å². The number of guanidine groups is 1.